The number of hydrogen-bond acceptors (Lipinski definition) is 3. The fourth-order valence-corrected chi connectivity index (χ4v) is 4.18. The smallest absolute Gasteiger partial charge is 0.342 e. The van der Waals surface area contributed by atoms with Gasteiger partial charge in [0.2, 0.25) is 11.8 Å². The molecular formula is C21H25F6N3O2. The molecular weight excluding hydrogens is 440 g/mol. The highest BCUT2D eigenvalue weighted by Crippen LogP contribution is 2.37. The number of nitrogens with zero attached hydrogens (tertiary/aromatic N) is 1. The zero-order chi connectivity index (χ0) is 23.5. The van der Waals surface area contributed by atoms with Crippen molar-refractivity contribution in [1.82, 2.24) is 10.2 Å². The number of piperidine rings is 2. The monoisotopic (exact) mass is 465 g/mol. The summed E-state index contributed by atoms with van der Waals surface area (Å²) in [5.74, 6) is -0.716. The van der Waals surface area contributed by atoms with Crippen molar-refractivity contribution in [2.45, 2.75) is 44.5 Å². The molecule has 2 heterocycles. The molecule has 0 bridgehead atoms. The predicted octanol–water partition coefficient (Wildman–Crippen LogP) is 4.29. The lowest BCUT2D eigenvalue weighted by atomic mass is 9.91. The van der Waals surface area contributed by atoms with Crippen molar-refractivity contribution in [2.24, 2.45) is 11.8 Å². The van der Waals surface area contributed by atoms with Crippen LogP contribution in [0.4, 0.5) is 32.0 Å². The fourth-order valence-electron chi connectivity index (χ4n) is 4.18. The van der Waals surface area contributed by atoms with Crippen molar-refractivity contribution in [3.05, 3.63) is 29.3 Å². The van der Waals surface area contributed by atoms with Crippen molar-refractivity contribution in [2.75, 3.05) is 31.5 Å². The van der Waals surface area contributed by atoms with Gasteiger partial charge >= 0.3 is 12.4 Å². The number of carbonyl (C=O) groups is 2. The number of anilines is 1. The van der Waals surface area contributed by atoms with Gasteiger partial charge in [0.05, 0.1) is 17.0 Å². The van der Waals surface area contributed by atoms with E-state index in [-0.39, 0.29) is 30.2 Å². The van der Waals surface area contributed by atoms with E-state index in [4.69, 9.17) is 0 Å². The third-order valence-corrected chi connectivity index (χ3v) is 5.92. The van der Waals surface area contributed by atoms with Gasteiger partial charge in [-0.05, 0) is 56.3 Å². The molecule has 5 nitrogen and oxygen atoms in total. The van der Waals surface area contributed by atoms with E-state index in [9.17, 15) is 35.9 Å². The molecule has 0 aromatic heterocycles. The maximum atomic E-state index is 13.0. The number of nitrogens with one attached hydrogen (secondary N) is 2. The van der Waals surface area contributed by atoms with Crippen LogP contribution >= 0.6 is 0 Å². The summed E-state index contributed by atoms with van der Waals surface area (Å²) in [6.45, 7) is 2.51. The Balaban J connectivity index is 1.56. The van der Waals surface area contributed by atoms with Crippen LogP contribution < -0.4 is 10.6 Å². The Morgan fingerprint density at radius 1 is 0.969 bits per heavy atom. The molecule has 178 valence electrons. The Morgan fingerprint density at radius 2 is 1.56 bits per heavy atom. The first-order valence-electron chi connectivity index (χ1n) is 10.5. The van der Waals surface area contributed by atoms with Crippen LogP contribution in [-0.2, 0) is 21.9 Å². The van der Waals surface area contributed by atoms with E-state index in [2.05, 4.69) is 10.6 Å². The summed E-state index contributed by atoms with van der Waals surface area (Å²) in [5, 5.41) is 5.37. The number of amides is 2. The number of alkyl halides is 6. The van der Waals surface area contributed by atoms with Crippen molar-refractivity contribution in [1.29, 1.82) is 0 Å². The van der Waals surface area contributed by atoms with Crippen LogP contribution in [0.5, 0.6) is 0 Å². The summed E-state index contributed by atoms with van der Waals surface area (Å²) >= 11 is 0. The van der Waals surface area contributed by atoms with Gasteiger partial charge in [-0.3, -0.25) is 9.59 Å². The SMILES string of the molecule is O=C(CC1CCN(C(=O)C2CCCNC2)CC1)Nc1cc(C(F)(F)F)cc(C(F)(F)F)c1. The highest BCUT2D eigenvalue weighted by Gasteiger charge is 2.37. The third kappa shape index (κ3) is 6.36. The quantitative estimate of drug-likeness (QED) is 0.653. The van der Waals surface area contributed by atoms with E-state index >= 15 is 0 Å². The second-order valence-electron chi connectivity index (χ2n) is 8.36. The Bertz CT molecular complexity index is 794. The van der Waals surface area contributed by atoms with Crippen LogP contribution in [0.2, 0.25) is 0 Å². The van der Waals surface area contributed by atoms with E-state index in [0.29, 0.717) is 44.6 Å². The van der Waals surface area contributed by atoms with Crippen molar-refractivity contribution >= 4 is 17.5 Å². The zero-order valence-electron chi connectivity index (χ0n) is 17.3. The molecule has 2 amide bonds. The molecule has 0 aliphatic carbocycles. The molecule has 2 N–H and O–H groups in total. The van der Waals surface area contributed by atoms with Gasteiger partial charge in [-0.15, -0.1) is 0 Å². The summed E-state index contributed by atoms with van der Waals surface area (Å²) < 4.78 is 77.8. The van der Waals surface area contributed by atoms with Crippen molar-refractivity contribution in [3.8, 4) is 0 Å². The Morgan fingerprint density at radius 3 is 2.06 bits per heavy atom. The van der Waals surface area contributed by atoms with Gasteiger partial charge in [0.1, 0.15) is 0 Å². The average molecular weight is 465 g/mol. The number of rotatable bonds is 4. The van der Waals surface area contributed by atoms with E-state index in [1.54, 1.807) is 4.90 Å². The molecule has 2 saturated heterocycles. The molecule has 1 unspecified atom stereocenters. The van der Waals surface area contributed by atoms with Crippen molar-refractivity contribution in [3.63, 3.8) is 0 Å². The molecule has 3 rings (SSSR count). The average Bonchev–Trinajstić information content (AvgIpc) is 2.73. The van der Waals surface area contributed by atoms with Gasteiger partial charge in [-0.25, -0.2) is 0 Å². The normalized spacial score (nSPS) is 20.8. The Labute approximate surface area is 181 Å². The van der Waals surface area contributed by atoms with E-state index in [1.165, 1.54) is 0 Å². The van der Waals surface area contributed by atoms with Crippen molar-refractivity contribution < 1.29 is 35.9 Å². The molecule has 1 aromatic rings. The lowest BCUT2D eigenvalue weighted by molar-refractivity contribution is -0.143. The lowest BCUT2D eigenvalue weighted by Crippen LogP contribution is -2.46. The maximum Gasteiger partial charge on any atom is 0.416 e. The van der Waals surface area contributed by atoms with Crippen LogP contribution in [0.25, 0.3) is 0 Å². The highest BCUT2D eigenvalue weighted by atomic mass is 19.4. The number of halogens is 6. The second-order valence-corrected chi connectivity index (χ2v) is 8.36. The molecule has 2 aliphatic heterocycles. The topological polar surface area (TPSA) is 61.4 Å². The molecule has 1 atom stereocenters. The first-order chi connectivity index (χ1) is 14.9. The minimum absolute atomic E-state index is 0.0181. The standard InChI is InChI=1S/C21H25F6N3O2/c22-20(23,24)15-9-16(21(25,26)27)11-17(10-15)29-18(31)8-13-3-6-30(7-4-13)19(32)14-2-1-5-28-12-14/h9-11,13-14,28H,1-8,12H2,(H,29,31). The fraction of sp³-hybridized carbons (Fsp3) is 0.619. The molecule has 1 aromatic carbocycles. The van der Waals surface area contributed by atoms with Gasteiger partial charge in [0.25, 0.3) is 0 Å². The summed E-state index contributed by atoms with van der Waals surface area (Å²) in [4.78, 5) is 26.6. The molecule has 2 aliphatic rings. The van der Waals surface area contributed by atoms with Gasteiger partial charge in [-0.2, -0.15) is 26.3 Å². The van der Waals surface area contributed by atoms with Crippen LogP contribution in [0.3, 0.4) is 0 Å². The van der Waals surface area contributed by atoms with Gasteiger partial charge in [0.15, 0.2) is 0 Å². The number of benzene rings is 1. The van der Waals surface area contributed by atoms with Crippen LogP contribution in [0.1, 0.15) is 43.2 Å². The van der Waals surface area contributed by atoms with E-state index in [1.807, 2.05) is 0 Å². The summed E-state index contributed by atoms with van der Waals surface area (Å²) in [6.07, 6.45) is -7.11. The summed E-state index contributed by atoms with van der Waals surface area (Å²) in [5.41, 5.74) is -3.51. The molecule has 11 heteroatoms. The second kappa shape index (κ2) is 9.68. The molecule has 0 radical (unpaired) electrons. The van der Waals surface area contributed by atoms with Gasteiger partial charge in [0, 0.05) is 31.7 Å². The molecule has 0 saturated carbocycles. The van der Waals surface area contributed by atoms with Gasteiger partial charge < -0.3 is 15.5 Å². The molecule has 2 fully saturated rings. The summed E-state index contributed by atoms with van der Waals surface area (Å²) in [7, 11) is 0. The maximum absolute atomic E-state index is 13.0. The Hall–Kier alpha value is -2.30. The number of hydrogen-bond donors (Lipinski definition) is 2. The first-order valence-corrected chi connectivity index (χ1v) is 10.5. The van der Waals surface area contributed by atoms with Crippen LogP contribution in [0.15, 0.2) is 18.2 Å². The predicted molar refractivity (Wildman–Crippen MR) is 105 cm³/mol. The first kappa shape index (κ1) is 24.3. The van der Waals surface area contributed by atoms with E-state index in [0.717, 1.165) is 19.4 Å². The third-order valence-electron chi connectivity index (χ3n) is 5.92. The molecule has 32 heavy (non-hydrogen) atoms. The van der Waals surface area contributed by atoms with Crippen LogP contribution in [-0.4, -0.2) is 42.9 Å². The molecule has 0 spiro atoms. The Kier molecular flexibility index (Phi) is 7.36. The lowest BCUT2D eigenvalue weighted by Gasteiger charge is -2.35. The van der Waals surface area contributed by atoms with Gasteiger partial charge in [-0.1, -0.05) is 0 Å². The summed E-state index contributed by atoms with van der Waals surface area (Å²) in [6, 6.07) is 1.00. The minimum Gasteiger partial charge on any atom is -0.342 e. The van der Waals surface area contributed by atoms with Crippen LogP contribution in [0, 0.1) is 11.8 Å². The number of carbonyl (C=O) groups excluding carboxylic acids is 2. The highest BCUT2D eigenvalue weighted by molar-refractivity contribution is 5.91. The largest absolute Gasteiger partial charge is 0.416 e. The van der Waals surface area contributed by atoms with E-state index < -0.39 is 35.1 Å². The number of likely N-dealkylation sites (tertiary alicyclic amines) is 1. The zero-order valence-corrected chi connectivity index (χ0v) is 17.3. The minimum atomic E-state index is -4.98.